The van der Waals surface area contributed by atoms with Crippen molar-refractivity contribution >= 4 is 17.8 Å². The Hall–Kier alpha value is -4.46. The van der Waals surface area contributed by atoms with Crippen LogP contribution in [0.25, 0.3) is 6.08 Å². The normalized spacial score (nSPS) is 13.2. The molecule has 0 saturated carbocycles. The maximum absolute atomic E-state index is 13.1. The predicted molar refractivity (Wildman–Crippen MR) is 128 cm³/mol. The first-order chi connectivity index (χ1) is 16.9. The van der Waals surface area contributed by atoms with Crippen molar-refractivity contribution in [1.29, 1.82) is 0 Å². The van der Waals surface area contributed by atoms with Gasteiger partial charge in [0.25, 0.3) is 0 Å². The van der Waals surface area contributed by atoms with E-state index in [4.69, 9.17) is 28.4 Å². The molecule has 0 N–H and O–H groups in total. The quantitative estimate of drug-likeness (QED) is 0.271. The van der Waals surface area contributed by atoms with Gasteiger partial charge in [-0.25, -0.2) is 4.79 Å². The topological polar surface area (TPSA) is 89.5 Å². The second-order valence-electron chi connectivity index (χ2n) is 7.60. The highest BCUT2D eigenvalue weighted by Gasteiger charge is 2.31. The van der Waals surface area contributed by atoms with Crippen LogP contribution in [0.3, 0.4) is 0 Å². The van der Waals surface area contributed by atoms with Gasteiger partial charge in [0.15, 0.2) is 17.3 Å². The molecule has 0 amide bonds. The summed E-state index contributed by atoms with van der Waals surface area (Å²) in [5.74, 6) is 1.64. The molecule has 0 aromatic heterocycles. The van der Waals surface area contributed by atoms with E-state index in [1.165, 1.54) is 34.5 Å². The number of benzene rings is 3. The third-order valence-electron chi connectivity index (χ3n) is 5.48. The van der Waals surface area contributed by atoms with Crippen LogP contribution in [0.5, 0.6) is 34.5 Å². The fourth-order valence-corrected chi connectivity index (χ4v) is 3.83. The lowest BCUT2D eigenvalue weighted by Gasteiger charge is -2.14. The number of allylic oxidation sites excluding steroid dienone is 1. The number of ether oxygens (including phenoxy) is 6. The molecular formula is C27H24O8. The number of Topliss-reactive ketones (excluding diaryl/α,β-unsaturated/α-hetero) is 1. The number of carbonyl (C=O) groups is 2. The number of carbonyl (C=O) groups excluding carboxylic acids is 2. The molecule has 8 nitrogen and oxygen atoms in total. The minimum absolute atomic E-state index is 0.102. The Kier molecular flexibility index (Phi) is 6.64. The van der Waals surface area contributed by atoms with Crippen LogP contribution >= 0.6 is 0 Å². The van der Waals surface area contributed by atoms with Crippen LogP contribution in [0.4, 0.5) is 0 Å². The SMILES string of the molecule is COc1cccc(C(=O)Oc2cc(C)c3c(c2)O/C(=C\c2ccc(OC)c(OC)c2OC)C3=O)c1. The molecule has 8 heteroatoms. The molecule has 0 atom stereocenters. The molecule has 180 valence electrons. The number of fused-ring (bicyclic) bond motifs is 1. The summed E-state index contributed by atoms with van der Waals surface area (Å²) >= 11 is 0. The van der Waals surface area contributed by atoms with Gasteiger partial charge in [-0.2, -0.15) is 0 Å². The summed E-state index contributed by atoms with van der Waals surface area (Å²) < 4.78 is 32.8. The molecule has 1 aliphatic heterocycles. The maximum atomic E-state index is 13.1. The molecule has 3 aromatic carbocycles. The van der Waals surface area contributed by atoms with Crippen LogP contribution in [0.2, 0.25) is 0 Å². The summed E-state index contributed by atoms with van der Waals surface area (Å²) in [6.07, 6.45) is 1.57. The van der Waals surface area contributed by atoms with E-state index in [2.05, 4.69) is 0 Å². The molecule has 0 fully saturated rings. The summed E-state index contributed by atoms with van der Waals surface area (Å²) in [7, 11) is 6.04. The monoisotopic (exact) mass is 476 g/mol. The first-order valence-electron chi connectivity index (χ1n) is 10.6. The number of hydrogen-bond acceptors (Lipinski definition) is 8. The van der Waals surface area contributed by atoms with E-state index in [0.717, 1.165) is 0 Å². The Labute approximate surface area is 202 Å². The number of methoxy groups -OCH3 is 4. The van der Waals surface area contributed by atoms with Gasteiger partial charge in [-0.1, -0.05) is 6.07 Å². The molecule has 1 heterocycles. The maximum Gasteiger partial charge on any atom is 0.343 e. The van der Waals surface area contributed by atoms with Gasteiger partial charge < -0.3 is 28.4 Å². The van der Waals surface area contributed by atoms with Gasteiger partial charge in [-0.3, -0.25) is 4.79 Å². The number of esters is 1. The molecule has 0 saturated heterocycles. The van der Waals surface area contributed by atoms with Crippen molar-refractivity contribution in [3.05, 3.63) is 76.5 Å². The van der Waals surface area contributed by atoms with Gasteiger partial charge >= 0.3 is 5.97 Å². The van der Waals surface area contributed by atoms with Crippen molar-refractivity contribution in [2.24, 2.45) is 0 Å². The zero-order valence-corrected chi connectivity index (χ0v) is 20.0. The molecule has 0 radical (unpaired) electrons. The van der Waals surface area contributed by atoms with Crippen molar-refractivity contribution in [2.75, 3.05) is 28.4 Å². The first-order valence-corrected chi connectivity index (χ1v) is 10.6. The third-order valence-corrected chi connectivity index (χ3v) is 5.48. The van der Waals surface area contributed by atoms with Crippen molar-refractivity contribution in [3.8, 4) is 34.5 Å². The second kappa shape index (κ2) is 9.80. The highest BCUT2D eigenvalue weighted by Crippen LogP contribution is 2.42. The zero-order valence-electron chi connectivity index (χ0n) is 20.0. The fourth-order valence-electron chi connectivity index (χ4n) is 3.83. The first kappa shape index (κ1) is 23.7. The van der Waals surface area contributed by atoms with E-state index in [9.17, 15) is 9.59 Å². The van der Waals surface area contributed by atoms with Gasteiger partial charge in [0, 0.05) is 11.6 Å². The minimum atomic E-state index is -0.557. The lowest BCUT2D eigenvalue weighted by atomic mass is 10.0. The van der Waals surface area contributed by atoms with E-state index >= 15 is 0 Å². The summed E-state index contributed by atoms with van der Waals surface area (Å²) in [6.45, 7) is 1.75. The van der Waals surface area contributed by atoms with E-state index < -0.39 is 5.97 Å². The molecular weight excluding hydrogens is 452 g/mol. The Morgan fingerprint density at radius 2 is 1.63 bits per heavy atom. The number of rotatable bonds is 7. The van der Waals surface area contributed by atoms with Crippen LogP contribution in [0, 0.1) is 6.92 Å². The largest absolute Gasteiger partial charge is 0.497 e. The Balaban J connectivity index is 1.64. The standard InChI is InChI=1S/C27H24O8/c1-15-11-19(34-27(29)17-7-6-8-18(12-17)30-2)14-21-23(15)24(28)22(35-21)13-16-9-10-20(31-3)26(33-5)25(16)32-4/h6-14H,1-5H3/b22-13-. The predicted octanol–water partition coefficient (Wildman–Crippen LogP) is 4.86. The zero-order chi connectivity index (χ0) is 25.1. The number of hydrogen-bond donors (Lipinski definition) is 0. The Morgan fingerprint density at radius 1 is 0.857 bits per heavy atom. The average molecular weight is 476 g/mol. The van der Waals surface area contributed by atoms with Gasteiger partial charge in [-0.05, 0) is 55.0 Å². The molecule has 1 aliphatic rings. The van der Waals surface area contributed by atoms with Gasteiger partial charge in [0.1, 0.15) is 17.2 Å². The van der Waals surface area contributed by atoms with E-state index in [-0.39, 0.29) is 17.3 Å². The third kappa shape index (κ3) is 4.50. The smallest absolute Gasteiger partial charge is 0.343 e. The van der Waals surface area contributed by atoms with E-state index in [1.54, 1.807) is 55.5 Å². The number of aryl methyl sites for hydroxylation is 1. The van der Waals surface area contributed by atoms with Crippen LogP contribution in [-0.4, -0.2) is 40.2 Å². The molecule has 4 rings (SSSR count). The molecule has 0 bridgehead atoms. The minimum Gasteiger partial charge on any atom is -0.497 e. The van der Waals surface area contributed by atoms with Crippen LogP contribution in [0.1, 0.15) is 31.8 Å². The van der Waals surface area contributed by atoms with E-state index in [1.807, 2.05) is 0 Å². The highest BCUT2D eigenvalue weighted by molar-refractivity contribution is 6.15. The summed E-state index contributed by atoms with van der Waals surface area (Å²) in [5.41, 5.74) is 1.92. The van der Waals surface area contributed by atoms with Gasteiger partial charge in [-0.15, -0.1) is 0 Å². The lowest BCUT2D eigenvalue weighted by molar-refractivity contribution is 0.0734. The number of ketones is 1. The van der Waals surface area contributed by atoms with Gasteiger partial charge in [0.2, 0.25) is 11.5 Å². The van der Waals surface area contributed by atoms with Crippen LogP contribution in [0.15, 0.2) is 54.3 Å². The van der Waals surface area contributed by atoms with Crippen molar-refractivity contribution in [1.82, 2.24) is 0 Å². The van der Waals surface area contributed by atoms with Crippen LogP contribution < -0.4 is 28.4 Å². The fraction of sp³-hybridized carbons (Fsp3) is 0.185. The van der Waals surface area contributed by atoms with Crippen LogP contribution in [-0.2, 0) is 0 Å². The highest BCUT2D eigenvalue weighted by atomic mass is 16.5. The van der Waals surface area contributed by atoms with Crippen molar-refractivity contribution < 1.29 is 38.0 Å². The summed E-state index contributed by atoms with van der Waals surface area (Å²) in [6, 6.07) is 13.2. The van der Waals surface area contributed by atoms with Crippen molar-refractivity contribution in [3.63, 3.8) is 0 Å². The molecule has 0 spiro atoms. The summed E-state index contributed by atoms with van der Waals surface area (Å²) in [4.78, 5) is 25.7. The average Bonchev–Trinajstić information content (AvgIpc) is 3.18. The van der Waals surface area contributed by atoms with E-state index in [0.29, 0.717) is 51.0 Å². The summed E-state index contributed by atoms with van der Waals surface area (Å²) in [5, 5.41) is 0. The molecule has 0 unspecified atom stereocenters. The Morgan fingerprint density at radius 3 is 2.31 bits per heavy atom. The lowest BCUT2D eigenvalue weighted by Crippen LogP contribution is -2.09. The molecule has 0 aliphatic carbocycles. The molecule has 35 heavy (non-hydrogen) atoms. The van der Waals surface area contributed by atoms with Gasteiger partial charge in [0.05, 0.1) is 39.6 Å². The second-order valence-corrected chi connectivity index (χ2v) is 7.60. The van der Waals surface area contributed by atoms with Crippen molar-refractivity contribution in [2.45, 2.75) is 6.92 Å². The Bertz CT molecular complexity index is 1340. The molecule has 3 aromatic rings.